The van der Waals surface area contributed by atoms with Crippen LogP contribution in [-0.4, -0.2) is 6.04 Å². The van der Waals surface area contributed by atoms with Crippen LogP contribution < -0.4 is 5.32 Å². The fourth-order valence-electron chi connectivity index (χ4n) is 1.55. The molecule has 11 heavy (non-hydrogen) atoms. The largest absolute Gasteiger partial charge is 0.234 e. The second-order valence-electron chi connectivity index (χ2n) is 3.16. The van der Waals surface area contributed by atoms with E-state index >= 15 is 0 Å². The Labute approximate surface area is 67.4 Å². The third kappa shape index (κ3) is 1.29. The first-order valence-corrected chi connectivity index (χ1v) is 4.09. The van der Waals surface area contributed by atoms with E-state index in [1.54, 1.807) is 0 Å². The van der Waals surface area contributed by atoms with Crippen molar-refractivity contribution in [2.45, 2.75) is 25.9 Å². The predicted octanol–water partition coefficient (Wildman–Crippen LogP) is 1.74. The first-order valence-electron chi connectivity index (χ1n) is 4.09. The van der Waals surface area contributed by atoms with Crippen LogP contribution in [0, 0.1) is 0 Å². The topological polar surface area (TPSA) is 14.1 Å². The highest BCUT2D eigenvalue weighted by Gasteiger charge is 2.13. The summed E-state index contributed by atoms with van der Waals surface area (Å²) in [4.78, 5) is 0. The quantitative estimate of drug-likeness (QED) is 0.529. The number of rotatable bonds is 0. The fourth-order valence-corrected chi connectivity index (χ4v) is 1.55. The third-order valence-electron chi connectivity index (χ3n) is 2.21. The minimum atomic E-state index is 0.518. The van der Waals surface area contributed by atoms with Gasteiger partial charge in [0.2, 0.25) is 0 Å². The van der Waals surface area contributed by atoms with Crippen LogP contribution in [0.1, 0.15) is 18.1 Å². The van der Waals surface area contributed by atoms with E-state index < -0.39 is 0 Å². The summed E-state index contributed by atoms with van der Waals surface area (Å²) in [5.74, 6) is 0. The van der Waals surface area contributed by atoms with E-state index in [0.717, 1.165) is 13.0 Å². The molecule has 0 spiro atoms. The Morgan fingerprint density at radius 2 is 2.00 bits per heavy atom. The average Bonchev–Trinajstić information content (AvgIpc) is 2.04. The minimum absolute atomic E-state index is 0.518. The van der Waals surface area contributed by atoms with E-state index in [1.807, 2.05) is 0 Å². The highest BCUT2D eigenvalue weighted by atomic mass is 14.9. The minimum Gasteiger partial charge on any atom is -0.234 e. The molecule has 0 fully saturated rings. The molecule has 1 aromatic rings. The zero-order valence-electron chi connectivity index (χ0n) is 6.75. The zero-order chi connectivity index (χ0) is 7.68. The summed E-state index contributed by atoms with van der Waals surface area (Å²) in [5.41, 5.74) is 2.89. The maximum absolute atomic E-state index is 4.47. The van der Waals surface area contributed by atoms with E-state index in [-0.39, 0.29) is 0 Å². The molecule has 1 aliphatic heterocycles. The summed E-state index contributed by atoms with van der Waals surface area (Å²) < 4.78 is 0. The molecule has 0 N–H and O–H groups in total. The van der Waals surface area contributed by atoms with Crippen molar-refractivity contribution in [3.8, 4) is 0 Å². The SMILES string of the molecule is C[C@@H]1Cc2ccccc2C[N]1. The lowest BCUT2D eigenvalue weighted by Gasteiger charge is -2.20. The average molecular weight is 146 g/mol. The summed E-state index contributed by atoms with van der Waals surface area (Å²) in [7, 11) is 0. The summed E-state index contributed by atoms with van der Waals surface area (Å²) >= 11 is 0. The van der Waals surface area contributed by atoms with E-state index in [4.69, 9.17) is 0 Å². The van der Waals surface area contributed by atoms with Gasteiger partial charge in [0.05, 0.1) is 0 Å². The van der Waals surface area contributed by atoms with E-state index in [9.17, 15) is 0 Å². The van der Waals surface area contributed by atoms with Crippen LogP contribution >= 0.6 is 0 Å². The van der Waals surface area contributed by atoms with Crippen molar-refractivity contribution >= 4 is 0 Å². The maximum atomic E-state index is 4.47. The summed E-state index contributed by atoms with van der Waals surface area (Å²) in [6.07, 6.45) is 1.12. The highest BCUT2D eigenvalue weighted by molar-refractivity contribution is 5.29. The molecular weight excluding hydrogens is 134 g/mol. The van der Waals surface area contributed by atoms with Crippen LogP contribution in [-0.2, 0) is 13.0 Å². The van der Waals surface area contributed by atoms with Crippen molar-refractivity contribution in [3.05, 3.63) is 35.4 Å². The molecule has 0 saturated heterocycles. The Morgan fingerprint density at radius 3 is 2.82 bits per heavy atom. The van der Waals surface area contributed by atoms with Gasteiger partial charge >= 0.3 is 0 Å². The molecule has 1 atom stereocenters. The van der Waals surface area contributed by atoms with Crippen LogP contribution in [0.2, 0.25) is 0 Å². The van der Waals surface area contributed by atoms with Crippen molar-refractivity contribution in [2.75, 3.05) is 0 Å². The number of benzene rings is 1. The van der Waals surface area contributed by atoms with Crippen molar-refractivity contribution in [3.63, 3.8) is 0 Å². The molecule has 1 nitrogen and oxygen atoms in total. The van der Waals surface area contributed by atoms with Gasteiger partial charge < -0.3 is 0 Å². The van der Waals surface area contributed by atoms with Crippen LogP contribution in [0.5, 0.6) is 0 Å². The predicted molar refractivity (Wildman–Crippen MR) is 45.4 cm³/mol. The molecule has 0 unspecified atom stereocenters. The summed E-state index contributed by atoms with van der Waals surface area (Å²) in [5, 5.41) is 4.47. The molecule has 1 aliphatic rings. The molecule has 1 heteroatoms. The van der Waals surface area contributed by atoms with Crippen LogP contribution in [0.15, 0.2) is 24.3 Å². The van der Waals surface area contributed by atoms with Gasteiger partial charge in [0.15, 0.2) is 0 Å². The molecule has 0 saturated carbocycles. The lowest BCUT2D eigenvalue weighted by Crippen LogP contribution is -2.26. The standard InChI is InChI=1S/C10H12N/c1-8-6-9-4-2-3-5-10(9)7-11-8/h2-5,8H,6-7H2,1H3/t8-/m1/s1. The van der Waals surface area contributed by atoms with Crippen LogP contribution in [0.25, 0.3) is 0 Å². The normalized spacial score (nSPS) is 22.8. The van der Waals surface area contributed by atoms with E-state index in [2.05, 4.69) is 36.5 Å². The molecule has 0 bridgehead atoms. The molecule has 1 aromatic carbocycles. The Morgan fingerprint density at radius 1 is 1.27 bits per heavy atom. The number of hydrogen-bond acceptors (Lipinski definition) is 0. The highest BCUT2D eigenvalue weighted by Crippen LogP contribution is 2.16. The first kappa shape index (κ1) is 6.86. The number of fused-ring (bicyclic) bond motifs is 1. The van der Waals surface area contributed by atoms with Crippen molar-refractivity contribution < 1.29 is 0 Å². The zero-order valence-corrected chi connectivity index (χ0v) is 6.75. The van der Waals surface area contributed by atoms with E-state index in [0.29, 0.717) is 6.04 Å². The van der Waals surface area contributed by atoms with Gasteiger partial charge in [-0.05, 0) is 24.5 Å². The second kappa shape index (κ2) is 2.67. The molecule has 2 rings (SSSR count). The van der Waals surface area contributed by atoms with Gasteiger partial charge in [-0.15, -0.1) is 0 Å². The second-order valence-corrected chi connectivity index (χ2v) is 3.16. The Hall–Kier alpha value is -0.820. The van der Waals surface area contributed by atoms with Gasteiger partial charge in [-0.1, -0.05) is 24.3 Å². The maximum Gasteiger partial charge on any atom is 0.0390 e. The Kier molecular flexibility index (Phi) is 1.66. The van der Waals surface area contributed by atoms with Gasteiger partial charge in [0.25, 0.3) is 0 Å². The summed E-state index contributed by atoms with van der Waals surface area (Å²) in [6.45, 7) is 3.09. The number of hydrogen-bond donors (Lipinski definition) is 0. The number of nitrogens with zero attached hydrogens (tertiary/aromatic N) is 1. The third-order valence-corrected chi connectivity index (χ3v) is 2.21. The molecule has 1 heterocycles. The molecule has 1 radical (unpaired) electrons. The molecule has 0 amide bonds. The van der Waals surface area contributed by atoms with Gasteiger partial charge in [-0.25, -0.2) is 5.32 Å². The molecule has 0 aliphatic carbocycles. The van der Waals surface area contributed by atoms with Crippen LogP contribution in [0.4, 0.5) is 0 Å². The fraction of sp³-hybridized carbons (Fsp3) is 0.400. The van der Waals surface area contributed by atoms with Crippen molar-refractivity contribution in [1.29, 1.82) is 0 Å². The Balaban J connectivity index is 2.34. The molecule has 57 valence electrons. The van der Waals surface area contributed by atoms with Crippen molar-refractivity contribution in [1.82, 2.24) is 5.32 Å². The lowest BCUT2D eigenvalue weighted by molar-refractivity contribution is 0.502. The first-order chi connectivity index (χ1) is 5.36. The van der Waals surface area contributed by atoms with E-state index in [1.165, 1.54) is 11.1 Å². The lowest BCUT2D eigenvalue weighted by atomic mass is 9.97. The van der Waals surface area contributed by atoms with Gasteiger partial charge in [-0.2, -0.15) is 0 Å². The summed E-state index contributed by atoms with van der Waals surface area (Å²) in [6, 6.07) is 9.09. The van der Waals surface area contributed by atoms with Crippen molar-refractivity contribution in [2.24, 2.45) is 0 Å². The Bertz CT molecular complexity index is 255. The molecular formula is C10H12N. The smallest absolute Gasteiger partial charge is 0.0390 e. The van der Waals surface area contributed by atoms with Gasteiger partial charge in [0.1, 0.15) is 0 Å². The van der Waals surface area contributed by atoms with Crippen LogP contribution in [0.3, 0.4) is 0 Å². The van der Waals surface area contributed by atoms with Gasteiger partial charge in [-0.3, -0.25) is 0 Å². The van der Waals surface area contributed by atoms with Gasteiger partial charge in [0, 0.05) is 12.6 Å². The molecule has 0 aromatic heterocycles. The monoisotopic (exact) mass is 146 g/mol.